The molecule has 0 radical (unpaired) electrons. The van der Waals surface area contributed by atoms with Crippen LogP contribution in [0.4, 0.5) is 0 Å². The van der Waals surface area contributed by atoms with E-state index in [0.717, 1.165) is 32.6 Å². The quantitative estimate of drug-likeness (QED) is 0.677. The zero-order valence-electron chi connectivity index (χ0n) is 10.1. The first kappa shape index (κ1) is 12.9. The van der Waals surface area contributed by atoms with E-state index in [1.807, 2.05) is 0 Å². The van der Waals surface area contributed by atoms with E-state index in [2.05, 4.69) is 19.2 Å². The van der Waals surface area contributed by atoms with Crippen molar-refractivity contribution in [2.24, 2.45) is 5.41 Å². The van der Waals surface area contributed by atoms with E-state index in [1.165, 1.54) is 12.8 Å². The van der Waals surface area contributed by atoms with Crippen LogP contribution in [0.5, 0.6) is 0 Å². The molecule has 1 aliphatic rings. The zero-order chi connectivity index (χ0) is 11.1. The molecule has 1 aliphatic heterocycles. The Morgan fingerprint density at radius 1 is 1.40 bits per heavy atom. The summed E-state index contributed by atoms with van der Waals surface area (Å²) in [5.74, 6) is 0. The maximum atomic E-state index is 9.09. The van der Waals surface area contributed by atoms with Gasteiger partial charge in [0, 0.05) is 31.2 Å². The average Bonchev–Trinajstić information content (AvgIpc) is 2.69. The summed E-state index contributed by atoms with van der Waals surface area (Å²) in [7, 11) is 0. The van der Waals surface area contributed by atoms with Gasteiger partial charge in [0.05, 0.1) is 6.61 Å². The molecule has 1 fully saturated rings. The second-order valence-corrected chi connectivity index (χ2v) is 4.67. The Labute approximate surface area is 93.2 Å². The summed E-state index contributed by atoms with van der Waals surface area (Å²) in [5.41, 5.74) is 0.192. The van der Waals surface area contributed by atoms with Crippen LogP contribution in [0.3, 0.4) is 0 Å². The third kappa shape index (κ3) is 3.74. The van der Waals surface area contributed by atoms with Crippen molar-refractivity contribution in [3.63, 3.8) is 0 Å². The van der Waals surface area contributed by atoms with Gasteiger partial charge in [0.2, 0.25) is 0 Å². The largest absolute Gasteiger partial charge is 0.396 e. The van der Waals surface area contributed by atoms with Crippen LogP contribution in [-0.2, 0) is 4.74 Å². The molecular weight excluding hydrogens is 190 g/mol. The van der Waals surface area contributed by atoms with Crippen molar-refractivity contribution in [2.75, 3.05) is 26.4 Å². The first-order valence-electron chi connectivity index (χ1n) is 6.18. The Morgan fingerprint density at radius 2 is 2.13 bits per heavy atom. The third-order valence-electron chi connectivity index (χ3n) is 3.58. The normalized spacial score (nSPS) is 26.4. The molecule has 2 N–H and O–H groups in total. The molecule has 0 aromatic carbocycles. The Kier molecular flexibility index (Phi) is 5.58. The molecule has 1 unspecified atom stereocenters. The minimum Gasteiger partial charge on any atom is -0.396 e. The lowest BCUT2D eigenvalue weighted by atomic mass is 9.83. The van der Waals surface area contributed by atoms with Crippen LogP contribution in [0.1, 0.15) is 39.5 Å². The highest BCUT2D eigenvalue weighted by atomic mass is 16.5. The van der Waals surface area contributed by atoms with E-state index in [4.69, 9.17) is 9.84 Å². The van der Waals surface area contributed by atoms with Crippen LogP contribution < -0.4 is 5.32 Å². The number of ether oxygens (including phenoxy) is 1. The van der Waals surface area contributed by atoms with Crippen LogP contribution in [0.2, 0.25) is 0 Å². The third-order valence-corrected chi connectivity index (χ3v) is 3.58. The first-order chi connectivity index (χ1) is 7.26. The number of nitrogens with one attached hydrogen (secondary N) is 1. The van der Waals surface area contributed by atoms with E-state index in [1.54, 1.807) is 0 Å². The molecule has 1 saturated heterocycles. The smallest absolute Gasteiger partial charge is 0.0536 e. The number of aliphatic hydroxyl groups excluding tert-OH is 1. The standard InChI is InChI=1S/C12H25NO2/c1-3-11(4-2)13-9-12(5-7-14)6-8-15-10-12/h11,13-14H,3-10H2,1-2H3. The first-order valence-corrected chi connectivity index (χ1v) is 6.18. The van der Waals surface area contributed by atoms with Crippen molar-refractivity contribution in [2.45, 2.75) is 45.6 Å². The van der Waals surface area contributed by atoms with Gasteiger partial charge in [-0.2, -0.15) is 0 Å². The fourth-order valence-electron chi connectivity index (χ4n) is 2.25. The molecule has 0 amide bonds. The Balaban J connectivity index is 2.37. The summed E-state index contributed by atoms with van der Waals surface area (Å²) in [6, 6.07) is 0.612. The second-order valence-electron chi connectivity index (χ2n) is 4.67. The molecule has 0 aliphatic carbocycles. The van der Waals surface area contributed by atoms with Gasteiger partial charge in [-0.15, -0.1) is 0 Å². The Hall–Kier alpha value is -0.120. The summed E-state index contributed by atoms with van der Waals surface area (Å²) in [6.07, 6.45) is 4.29. The van der Waals surface area contributed by atoms with Crippen LogP contribution in [0.25, 0.3) is 0 Å². The lowest BCUT2D eigenvalue weighted by molar-refractivity contribution is 0.121. The maximum absolute atomic E-state index is 9.09. The topological polar surface area (TPSA) is 41.5 Å². The molecule has 3 nitrogen and oxygen atoms in total. The highest BCUT2D eigenvalue weighted by Crippen LogP contribution is 2.31. The number of hydrogen-bond acceptors (Lipinski definition) is 3. The van der Waals surface area contributed by atoms with Crippen molar-refractivity contribution in [1.82, 2.24) is 5.32 Å². The molecule has 1 atom stereocenters. The molecule has 0 aromatic heterocycles. The summed E-state index contributed by atoms with van der Waals surface area (Å²) in [5, 5.41) is 12.7. The predicted octanol–water partition coefficient (Wildman–Crippen LogP) is 1.55. The SMILES string of the molecule is CCC(CC)NCC1(CCO)CCOC1. The molecule has 90 valence electrons. The van der Waals surface area contributed by atoms with Crippen LogP contribution in [0.15, 0.2) is 0 Å². The van der Waals surface area contributed by atoms with Gasteiger partial charge in [0.25, 0.3) is 0 Å². The Morgan fingerprint density at radius 3 is 2.60 bits per heavy atom. The second kappa shape index (κ2) is 6.46. The van der Waals surface area contributed by atoms with E-state index >= 15 is 0 Å². The van der Waals surface area contributed by atoms with Gasteiger partial charge in [-0.25, -0.2) is 0 Å². The number of rotatable bonds is 7. The summed E-state index contributed by atoms with van der Waals surface area (Å²) < 4.78 is 5.46. The van der Waals surface area contributed by atoms with E-state index < -0.39 is 0 Å². The van der Waals surface area contributed by atoms with Crippen molar-refractivity contribution in [3.05, 3.63) is 0 Å². The zero-order valence-corrected chi connectivity index (χ0v) is 10.1. The maximum Gasteiger partial charge on any atom is 0.0536 e. The molecule has 0 saturated carbocycles. The predicted molar refractivity (Wildman–Crippen MR) is 61.9 cm³/mol. The lowest BCUT2D eigenvalue weighted by Crippen LogP contribution is -2.40. The molecular formula is C12H25NO2. The molecule has 1 heterocycles. The fraction of sp³-hybridized carbons (Fsp3) is 1.00. The van der Waals surface area contributed by atoms with Gasteiger partial charge in [0.1, 0.15) is 0 Å². The lowest BCUT2D eigenvalue weighted by Gasteiger charge is -2.29. The minimum atomic E-state index is 0.192. The molecule has 3 heteroatoms. The summed E-state index contributed by atoms with van der Waals surface area (Å²) in [4.78, 5) is 0. The van der Waals surface area contributed by atoms with Crippen molar-refractivity contribution in [1.29, 1.82) is 0 Å². The van der Waals surface area contributed by atoms with Crippen LogP contribution in [0, 0.1) is 5.41 Å². The van der Waals surface area contributed by atoms with E-state index in [0.29, 0.717) is 6.04 Å². The van der Waals surface area contributed by atoms with Crippen molar-refractivity contribution in [3.8, 4) is 0 Å². The minimum absolute atomic E-state index is 0.192. The van der Waals surface area contributed by atoms with Crippen molar-refractivity contribution < 1.29 is 9.84 Å². The van der Waals surface area contributed by atoms with Gasteiger partial charge in [-0.1, -0.05) is 13.8 Å². The van der Waals surface area contributed by atoms with Gasteiger partial charge < -0.3 is 15.2 Å². The van der Waals surface area contributed by atoms with E-state index in [9.17, 15) is 0 Å². The monoisotopic (exact) mass is 215 g/mol. The molecule has 0 aromatic rings. The van der Waals surface area contributed by atoms with E-state index in [-0.39, 0.29) is 12.0 Å². The number of hydrogen-bond donors (Lipinski definition) is 2. The Bertz CT molecular complexity index is 163. The van der Waals surface area contributed by atoms with Crippen LogP contribution in [-0.4, -0.2) is 37.5 Å². The van der Waals surface area contributed by atoms with Gasteiger partial charge in [-0.3, -0.25) is 0 Å². The number of aliphatic hydroxyl groups is 1. The highest BCUT2D eigenvalue weighted by Gasteiger charge is 2.34. The van der Waals surface area contributed by atoms with Crippen molar-refractivity contribution >= 4 is 0 Å². The molecule has 0 bridgehead atoms. The highest BCUT2D eigenvalue weighted by molar-refractivity contribution is 4.86. The molecule has 15 heavy (non-hydrogen) atoms. The molecule has 1 rings (SSSR count). The van der Waals surface area contributed by atoms with Crippen LogP contribution >= 0.6 is 0 Å². The summed E-state index contributed by atoms with van der Waals surface area (Å²) in [6.45, 7) is 7.34. The van der Waals surface area contributed by atoms with Gasteiger partial charge in [-0.05, 0) is 25.7 Å². The summed E-state index contributed by atoms with van der Waals surface area (Å²) >= 11 is 0. The van der Waals surface area contributed by atoms with Gasteiger partial charge >= 0.3 is 0 Å². The fourth-order valence-corrected chi connectivity index (χ4v) is 2.25. The van der Waals surface area contributed by atoms with Gasteiger partial charge in [0.15, 0.2) is 0 Å². The molecule has 0 spiro atoms. The average molecular weight is 215 g/mol.